The molecule has 24 heavy (non-hydrogen) atoms. The Morgan fingerprint density at radius 1 is 1.54 bits per heavy atom. The van der Waals surface area contributed by atoms with Crippen molar-refractivity contribution in [2.75, 3.05) is 20.1 Å². The molecule has 2 spiro atoms. The van der Waals surface area contributed by atoms with Gasteiger partial charge in [-0.2, -0.15) is 0 Å². The van der Waals surface area contributed by atoms with E-state index in [1.165, 1.54) is 0 Å². The molecular weight excluding hydrogens is 307 g/mol. The fourth-order valence-corrected chi connectivity index (χ4v) is 5.03. The molecule has 2 amide bonds. The van der Waals surface area contributed by atoms with Gasteiger partial charge in [0, 0.05) is 43.4 Å². The van der Waals surface area contributed by atoms with Gasteiger partial charge >= 0.3 is 13.1 Å². The molecule has 5 rings (SSSR count). The Labute approximate surface area is 139 Å². The first-order chi connectivity index (χ1) is 11.6. The lowest BCUT2D eigenvalue weighted by Crippen LogP contribution is -2.52. The minimum atomic E-state index is -0.916. The summed E-state index contributed by atoms with van der Waals surface area (Å²) >= 11 is 0. The maximum atomic E-state index is 11.9. The number of hydrogen-bond acceptors (Lipinski definition) is 4. The van der Waals surface area contributed by atoms with E-state index in [4.69, 9.17) is 4.65 Å². The monoisotopic (exact) mass is 326 g/mol. The highest BCUT2D eigenvalue weighted by molar-refractivity contribution is 6.62. The van der Waals surface area contributed by atoms with E-state index in [0.717, 1.165) is 54.4 Å². The molecule has 2 aromatic heterocycles. The average molecular weight is 326 g/mol. The lowest BCUT2D eigenvalue weighted by Gasteiger charge is -2.53. The number of likely N-dealkylation sites (tertiary alicyclic amines) is 1. The Morgan fingerprint density at radius 3 is 3.17 bits per heavy atom. The predicted molar refractivity (Wildman–Crippen MR) is 88.8 cm³/mol. The van der Waals surface area contributed by atoms with Crippen molar-refractivity contribution >= 4 is 29.6 Å². The van der Waals surface area contributed by atoms with Crippen LogP contribution in [0.15, 0.2) is 18.5 Å². The molecule has 0 bridgehead atoms. The van der Waals surface area contributed by atoms with Crippen molar-refractivity contribution in [3.05, 3.63) is 24.0 Å². The van der Waals surface area contributed by atoms with E-state index >= 15 is 0 Å². The standard InChI is InChI=1S/C16H19BN4O3/c1-18-14(22)21-5-3-15(9-21)7-16(8-15)12-10-2-4-19-13(10)20-6-11(12)17(23)24-16/h2,4,6,23H,3,5,7-9H2,1H3,(H,18,22)(H,19,20). The first-order valence-corrected chi connectivity index (χ1v) is 8.35. The largest absolute Gasteiger partial charge is 0.493 e. The molecule has 0 radical (unpaired) electrons. The van der Waals surface area contributed by atoms with Crippen LogP contribution in [-0.4, -0.2) is 53.2 Å². The summed E-state index contributed by atoms with van der Waals surface area (Å²) in [5, 5.41) is 14.1. The predicted octanol–water partition coefficient (Wildman–Crippen LogP) is 0.301. The SMILES string of the molecule is CNC(=O)N1CCC2(C1)CC1(C2)OB(O)c2cnc3[nH]ccc3c21. The number of pyridine rings is 1. The quantitative estimate of drug-likeness (QED) is 0.608. The van der Waals surface area contributed by atoms with Gasteiger partial charge in [0.2, 0.25) is 0 Å². The van der Waals surface area contributed by atoms with Crippen molar-refractivity contribution in [3.63, 3.8) is 0 Å². The molecule has 2 fully saturated rings. The van der Waals surface area contributed by atoms with Gasteiger partial charge in [-0.25, -0.2) is 9.78 Å². The van der Waals surface area contributed by atoms with Crippen molar-refractivity contribution in [1.82, 2.24) is 20.2 Å². The van der Waals surface area contributed by atoms with E-state index in [1.807, 2.05) is 17.2 Å². The van der Waals surface area contributed by atoms with Crippen molar-refractivity contribution in [3.8, 4) is 0 Å². The van der Waals surface area contributed by atoms with Crippen molar-refractivity contribution in [2.24, 2.45) is 5.41 Å². The fraction of sp³-hybridized carbons (Fsp3) is 0.500. The van der Waals surface area contributed by atoms with Gasteiger partial charge in [-0.1, -0.05) is 0 Å². The maximum absolute atomic E-state index is 11.9. The van der Waals surface area contributed by atoms with Gasteiger partial charge < -0.3 is 24.9 Å². The first kappa shape index (κ1) is 14.3. The summed E-state index contributed by atoms with van der Waals surface area (Å²) < 4.78 is 6.02. The number of urea groups is 1. The zero-order chi connectivity index (χ0) is 16.5. The van der Waals surface area contributed by atoms with E-state index in [0.29, 0.717) is 0 Å². The van der Waals surface area contributed by atoms with Crippen LogP contribution in [0.2, 0.25) is 0 Å². The van der Waals surface area contributed by atoms with Gasteiger partial charge in [-0.05, 0) is 36.3 Å². The molecule has 1 aliphatic carbocycles. The zero-order valence-corrected chi connectivity index (χ0v) is 13.5. The number of H-pyrrole nitrogens is 1. The Morgan fingerprint density at radius 2 is 2.38 bits per heavy atom. The number of fused-ring (bicyclic) bond motifs is 4. The van der Waals surface area contributed by atoms with Gasteiger partial charge in [0.15, 0.2) is 0 Å². The van der Waals surface area contributed by atoms with Crippen LogP contribution in [0.1, 0.15) is 24.8 Å². The molecule has 1 saturated carbocycles. The first-order valence-electron chi connectivity index (χ1n) is 8.35. The lowest BCUT2D eigenvalue weighted by atomic mass is 9.56. The third kappa shape index (κ3) is 1.70. The van der Waals surface area contributed by atoms with Crippen LogP contribution < -0.4 is 10.8 Å². The van der Waals surface area contributed by atoms with Crippen LogP contribution >= 0.6 is 0 Å². The van der Waals surface area contributed by atoms with Crippen LogP contribution in [-0.2, 0) is 10.3 Å². The molecule has 0 aromatic carbocycles. The summed E-state index contributed by atoms with van der Waals surface area (Å²) in [7, 11) is 0.748. The number of nitrogens with one attached hydrogen (secondary N) is 2. The number of aromatic amines is 1. The van der Waals surface area contributed by atoms with E-state index in [1.54, 1.807) is 13.2 Å². The van der Waals surface area contributed by atoms with E-state index < -0.39 is 12.7 Å². The van der Waals surface area contributed by atoms with E-state index in [-0.39, 0.29) is 11.4 Å². The molecule has 124 valence electrons. The summed E-state index contributed by atoms with van der Waals surface area (Å²) in [6, 6.07) is 1.98. The molecule has 8 heteroatoms. The van der Waals surface area contributed by atoms with Crippen LogP contribution in [0.4, 0.5) is 4.79 Å². The summed E-state index contributed by atoms with van der Waals surface area (Å²) in [6.07, 6.45) is 6.24. The highest BCUT2D eigenvalue weighted by Gasteiger charge is 2.63. The van der Waals surface area contributed by atoms with E-state index in [9.17, 15) is 9.82 Å². The van der Waals surface area contributed by atoms with E-state index in [2.05, 4.69) is 15.3 Å². The third-order valence-corrected chi connectivity index (χ3v) is 5.94. The van der Waals surface area contributed by atoms with Crippen LogP contribution in [0.3, 0.4) is 0 Å². The van der Waals surface area contributed by atoms with Crippen LogP contribution in [0.25, 0.3) is 11.0 Å². The molecule has 0 unspecified atom stereocenters. The molecule has 4 heterocycles. The number of carbonyl (C=O) groups is 1. The highest BCUT2D eigenvalue weighted by atomic mass is 16.5. The molecule has 3 aliphatic rings. The van der Waals surface area contributed by atoms with Gasteiger partial charge in [0.1, 0.15) is 5.65 Å². The molecule has 2 aliphatic heterocycles. The normalized spacial score (nSPS) is 31.1. The smallest absolute Gasteiger partial charge is 0.423 e. The molecular formula is C16H19BN4O3. The maximum Gasteiger partial charge on any atom is 0.493 e. The molecule has 7 nitrogen and oxygen atoms in total. The summed E-state index contributed by atoms with van der Waals surface area (Å²) in [6.45, 7) is 1.53. The summed E-state index contributed by atoms with van der Waals surface area (Å²) in [4.78, 5) is 21.2. The second-order valence-corrected chi connectivity index (χ2v) is 7.37. The zero-order valence-electron chi connectivity index (χ0n) is 13.5. The van der Waals surface area contributed by atoms with Crippen molar-refractivity contribution < 1.29 is 14.5 Å². The van der Waals surface area contributed by atoms with Gasteiger partial charge in [-0.3, -0.25) is 0 Å². The average Bonchev–Trinajstić information content (AvgIpc) is 3.24. The number of aromatic nitrogens is 2. The second kappa shape index (κ2) is 4.52. The Balaban J connectivity index is 1.49. The lowest BCUT2D eigenvalue weighted by molar-refractivity contribution is -0.109. The number of carbonyl (C=O) groups excluding carboxylic acids is 1. The molecule has 3 N–H and O–H groups in total. The van der Waals surface area contributed by atoms with Crippen molar-refractivity contribution in [1.29, 1.82) is 0 Å². The van der Waals surface area contributed by atoms with Gasteiger partial charge in [0.05, 0.1) is 5.60 Å². The minimum absolute atomic E-state index is 0.0159. The van der Waals surface area contributed by atoms with Gasteiger partial charge in [-0.15, -0.1) is 0 Å². The summed E-state index contributed by atoms with van der Waals surface area (Å²) in [5.41, 5.74) is 2.32. The Kier molecular flexibility index (Phi) is 2.69. The van der Waals surface area contributed by atoms with Gasteiger partial charge in [0.25, 0.3) is 0 Å². The highest BCUT2D eigenvalue weighted by Crippen LogP contribution is 2.62. The topological polar surface area (TPSA) is 90.5 Å². The van der Waals surface area contributed by atoms with Crippen LogP contribution in [0, 0.1) is 5.41 Å². The molecule has 2 aromatic rings. The minimum Gasteiger partial charge on any atom is -0.423 e. The van der Waals surface area contributed by atoms with Crippen LogP contribution in [0.5, 0.6) is 0 Å². The number of rotatable bonds is 0. The Bertz CT molecular complexity index is 845. The fourth-order valence-electron chi connectivity index (χ4n) is 5.03. The number of nitrogens with zero attached hydrogens (tertiary/aromatic N) is 2. The number of amides is 2. The Hall–Kier alpha value is -2.06. The second-order valence-electron chi connectivity index (χ2n) is 7.37. The third-order valence-electron chi connectivity index (χ3n) is 5.94. The van der Waals surface area contributed by atoms with Crippen molar-refractivity contribution in [2.45, 2.75) is 24.9 Å². The molecule has 1 saturated heterocycles. The molecule has 0 atom stereocenters. The summed E-state index contributed by atoms with van der Waals surface area (Å²) in [5.74, 6) is 0. The number of hydrogen-bond donors (Lipinski definition) is 3.